The third-order valence-corrected chi connectivity index (χ3v) is 2.78. The summed E-state index contributed by atoms with van der Waals surface area (Å²) in [6, 6.07) is 9.86. The summed E-state index contributed by atoms with van der Waals surface area (Å²) in [5, 5.41) is 14.1. The molecule has 2 rings (SSSR count). The molecule has 3 N–H and O–H groups in total. The maximum atomic E-state index is 11.9. The number of hydrogen-bond acceptors (Lipinski definition) is 3. The van der Waals surface area contributed by atoms with Crippen molar-refractivity contribution in [2.24, 2.45) is 0 Å². The molecule has 2 amide bonds. The number of amides is 2. The fraction of sp³-hybridized carbons (Fsp3) is 0.133. The number of para-hydroxylation sites is 1. The van der Waals surface area contributed by atoms with Gasteiger partial charge in [0, 0.05) is 11.4 Å². The molecule has 1 aromatic heterocycles. The minimum Gasteiger partial charge on any atom is -0.481 e. The molecule has 0 aliphatic heterocycles. The molecule has 0 bridgehead atoms. The Bertz CT molecular complexity index is 653. The van der Waals surface area contributed by atoms with Gasteiger partial charge in [-0.25, -0.2) is 4.79 Å². The molecule has 6 heteroatoms. The van der Waals surface area contributed by atoms with Gasteiger partial charge < -0.3 is 15.7 Å². The predicted molar refractivity (Wildman–Crippen MR) is 79.4 cm³/mol. The molecule has 0 aliphatic rings. The van der Waals surface area contributed by atoms with Crippen molar-refractivity contribution in [1.82, 2.24) is 4.98 Å². The lowest BCUT2D eigenvalue weighted by atomic mass is 10.1. The number of carboxylic acids is 1. The molecule has 0 spiro atoms. The van der Waals surface area contributed by atoms with E-state index in [9.17, 15) is 9.59 Å². The number of carbonyl (C=O) groups excluding carboxylic acids is 1. The fourth-order valence-electron chi connectivity index (χ4n) is 1.79. The SMILES string of the molecule is Cc1ccc(NC(=O)Nc2ccccc2CC(=O)O)cn1. The van der Waals surface area contributed by atoms with Gasteiger partial charge in [-0.15, -0.1) is 0 Å². The summed E-state index contributed by atoms with van der Waals surface area (Å²) < 4.78 is 0. The smallest absolute Gasteiger partial charge is 0.323 e. The lowest BCUT2D eigenvalue weighted by Gasteiger charge is -2.10. The van der Waals surface area contributed by atoms with E-state index in [1.807, 2.05) is 6.92 Å². The molecule has 0 unspecified atom stereocenters. The molecule has 0 radical (unpaired) electrons. The number of aliphatic carboxylic acids is 1. The van der Waals surface area contributed by atoms with Crippen LogP contribution >= 0.6 is 0 Å². The summed E-state index contributed by atoms with van der Waals surface area (Å²) in [7, 11) is 0. The van der Waals surface area contributed by atoms with Crippen LogP contribution in [0.1, 0.15) is 11.3 Å². The Hall–Kier alpha value is -2.89. The van der Waals surface area contributed by atoms with Crippen molar-refractivity contribution in [2.75, 3.05) is 10.6 Å². The fourth-order valence-corrected chi connectivity index (χ4v) is 1.79. The number of urea groups is 1. The minimum absolute atomic E-state index is 0.150. The number of benzene rings is 1. The average Bonchev–Trinajstić information content (AvgIpc) is 2.43. The quantitative estimate of drug-likeness (QED) is 0.805. The second kappa shape index (κ2) is 6.51. The summed E-state index contributed by atoms with van der Waals surface area (Å²) in [6.07, 6.45) is 1.40. The Morgan fingerprint density at radius 3 is 2.57 bits per heavy atom. The number of rotatable bonds is 4. The number of carboxylic acid groups (broad SMARTS) is 1. The van der Waals surface area contributed by atoms with Gasteiger partial charge in [0.2, 0.25) is 0 Å². The molecule has 0 saturated heterocycles. The molecule has 108 valence electrons. The summed E-state index contributed by atoms with van der Waals surface area (Å²) in [5.41, 5.74) is 2.43. The number of pyridine rings is 1. The zero-order valence-electron chi connectivity index (χ0n) is 11.5. The Morgan fingerprint density at radius 2 is 1.90 bits per heavy atom. The van der Waals surface area contributed by atoms with Gasteiger partial charge in [0.15, 0.2) is 0 Å². The van der Waals surface area contributed by atoms with Gasteiger partial charge in [0.05, 0.1) is 18.3 Å². The second-order valence-electron chi connectivity index (χ2n) is 4.50. The van der Waals surface area contributed by atoms with Crippen molar-refractivity contribution >= 4 is 23.4 Å². The monoisotopic (exact) mass is 285 g/mol. The van der Waals surface area contributed by atoms with E-state index in [4.69, 9.17) is 5.11 Å². The van der Waals surface area contributed by atoms with Gasteiger partial charge in [-0.1, -0.05) is 18.2 Å². The van der Waals surface area contributed by atoms with Crippen molar-refractivity contribution in [2.45, 2.75) is 13.3 Å². The lowest BCUT2D eigenvalue weighted by Crippen LogP contribution is -2.20. The normalized spacial score (nSPS) is 9.95. The number of carbonyl (C=O) groups is 2. The highest BCUT2D eigenvalue weighted by Gasteiger charge is 2.09. The first-order valence-electron chi connectivity index (χ1n) is 6.35. The van der Waals surface area contributed by atoms with E-state index >= 15 is 0 Å². The average molecular weight is 285 g/mol. The van der Waals surface area contributed by atoms with Crippen LogP contribution in [0.3, 0.4) is 0 Å². The molecule has 0 saturated carbocycles. The van der Waals surface area contributed by atoms with E-state index in [1.165, 1.54) is 0 Å². The first kappa shape index (κ1) is 14.5. The molecule has 2 aromatic rings. The van der Waals surface area contributed by atoms with Crippen LogP contribution < -0.4 is 10.6 Å². The van der Waals surface area contributed by atoms with Crippen molar-refractivity contribution in [1.29, 1.82) is 0 Å². The van der Waals surface area contributed by atoms with Gasteiger partial charge in [0.25, 0.3) is 0 Å². The van der Waals surface area contributed by atoms with Gasteiger partial charge in [-0.2, -0.15) is 0 Å². The topological polar surface area (TPSA) is 91.3 Å². The Kier molecular flexibility index (Phi) is 4.50. The molecule has 1 aromatic carbocycles. The number of nitrogens with one attached hydrogen (secondary N) is 2. The first-order chi connectivity index (χ1) is 10.0. The number of hydrogen-bond donors (Lipinski definition) is 3. The van der Waals surface area contributed by atoms with Crippen LogP contribution in [0.5, 0.6) is 0 Å². The Morgan fingerprint density at radius 1 is 1.14 bits per heavy atom. The Labute approximate surface area is 121 Å². The molecule has 0 aliphatic carbocycles. The zero-order valence-corrected chi connectivity index (χ0v) is 11.5. The van der Waals surface area contributed by atoms with E-state index in [-0.39, 0.29) is 6.42 Å². The number of nitrogens with zero attached hydrogens (tertiary/aromatic N) is 1. The van der Waals surface area contributed by atoms with Crippen LogP contribution in [0.25, 0.3) is 0 Å². The van der Waals surface area contributed by atoms with E-state index < -0.39 is 12.0 Å². The van der Waals surface area contributed by atoms with Crippen LogP contribution in [-0.2, 0) is 11.2 Å². The van der Waals surface area contributed by atoms with Crippen LogP contribution in [-0.4, -0.2) is 22.1 Å². The lowest BCUT2D eigenvalue weighted by molar-refractivity contribution is -0.136. The molecule has 1 heterocycles. The highest BCUT2D eigenvalue weighted by atomic mass is 16.4. The van der Waals surface area contributed by atoms with Crippen LogP contribution in [0.2, 0.25) is 0 Å². The summed E-state index contributed by atoms with van der Waals surface area (Å²) in [4.78, 5) is 26.8. The maximum absolute atomic E-state index is 11.9. The third-order valence-electron chi connectivity index (χ3n) is 2.78. The van der Waals surface area contributed by atoms with Gasteiger partial charge in [-0.05, 0) is 30.7 Å². The van der Waals surface area contributed by atoms with Crippen LogP contribution in [0, 0.1) is 6.92 Å². The van der Waals surface area contributed by atoms with Crippen molar-refractivity contribution < 1.29 is 14.7 Å². The number of aryl methyl sites for hydroxylation is 1. The second-order valence-corrected chi connectivity index (χ2v) is 4.50. The summed E-state index contributed by atoms with van der Waals surface area (Å²) in [5.74, 6) is -0.951. The maximum Gasteiger partial charge on any atom is 0.323 e. The highest BCUT2D eigenvalue weighted by Crippen LogP contribution is 2.16. The number of aromatic nitrogens is 1. The highest BCUT2D eigenvalue weighted by molar-refractivity contribution is 6.00. The van der Waals surface area contributed by atoms with E-state index in [0.29, 0.717) is 16.9 Å². The van der Waals surface area contributed by atoms with E-state index in [1.54, 1.807) is 42.6 Å². The van der Waals surface area contributed by atoms with E-state index in [2.05, 4.69) is 15.6 Å². The first-order valence-corrected chi connectivity index (χ1v) is 6.35. The van der Waals surface area contributed by atoms with Crippen molar-refractivity contribution in [3.05, 3.63) is 53.9 Å². The Balaban J connectivity index is 2.05. The van der Waals surface area contributed by atoms with Gasteiger partial charge in [0.1, 0.15) is 0 Å². The van der Waals surface area contributed by atoms with Gasteiger partial charge in [-0.3, -0.25) is 9.78 Å². The third kappa shape index (κ3) is 4.31. The van der Waals surface area contributed by atoms with Crippen molar-refractivity contribution in [3.8, 4) is 0 Å². The molecule has 0 fully saturated rings. The minimum atomic E-state index is -0.951. The van der Waals surface area contributed by atoms with Gasteiger partial charge >= 0.3 is 12.0 Å². The summed E-state index contributed by atoms with van der Waals surface area (Å²) in [6.45, 7) is 1.85. The molecule has 0 atom stereocenters. The van der Waals surface area contributed by atoms with E-state index in [0.717, 1.165) is 5.69 Å². The standard InChI is InChI=1S/C15H15N3O3/c1-10-6-7-12(9-16-10)17-15(21)18-13-5-3-2-4-11(13)8-14(19)20/h2-7,9H,8H2,1H3,(H,19,20)(H2,17,18,21). The predicted octanol–water partition coefficient (Wildman–Crippen LogP) is 2.66. The largest absolute Gasteiger partial charge is 0.481 e. The molecular formula is C15H15N3O3. The van der Waals surface area contributed by atoms with Crippen LogP contribution in [0.15, 0.2) is 42.6 Å². The summed E-state index contributed by atoms with van der Waals surface area (Å²) >= 11 is 0. The molecule has 6 nitrogen and oxygen atoms in total. The van der Waals surface area contributed by atoms with Crippen LogP contribution in [0.4, 0.5) is 16.2 Å². The molecular weight excluding hydrogens is 270 g/mol. The van der Waals surface area contributed by atoms with Crippen molar-refractivity contribution in [3.63, 3.8) is 0 Å². The molecule has 21 heavy (non-hydrogen) atoms. The number of anilines is 2. The zero-order chi connectivity index (χ0) is 15.2.